The third-order valence-electron chi connectivity index (χ3n) is 4.92. The van der Waals surface area contributed by atoms with Crippen LogP contribution in [0, 0.1) is 0 Å². The molecule has 1 aliphatic heterocycles. The van der Waals surface area contributed by atoms with Gasteiger partial charge in [0, 0.05) is 16.3 Å². The number of rotatable bonds is 6. The van der Waals surface area contributed by atoms with Gasteiger partial charge in [0.15, 0.2) is 16.4 Å². The van der Waals surface area contributed by atoms with E-state index in [-0.39, 0.29) is 36.0 Å². The highest BCUT2D eigenvalue weighted by Gasteiger charge is 2.36. The summed E-state index contributed by atoms with van der Waals surface area (Å²) in [6.07, 6.45) is 0.482. The quantitative estimate of drug-likeness (QED) is 0.797. The van der Waals surface area contributed by atoms with Crippen LogP contribution >= 0.6 is 11.6 Å². The Hall–Kier alpha value is -1.89. The number of hydrogen-bond acceptors (Lipinski definition) is 3. The van der Waals surface area contributed by atoms with Crippen LogP contribution in [0.25, 0.3) is 0 Å². The minimum Gasteiger partial charge on any atom is -0.333 e. The maximum Gasteiger partial charge on any atom is 0.282 e. The Labute approximate surface area is 165 Å². The molecule has 7 heteroatoms. The van der Waals surface area contributed by atoms with Crippen LogP contribution in [0.2, 0.25) is 5.02 Å². The predicted molar refractivity (Wildman–Crippen MR) is 108 cm³/mol. The molecular weight excluding hydrogens is 384 g/mol. The van der Waals surface area contributed by atoms with Gasteiger partial charge in [-0.15, -0.1) is 0 Å². The molecule has 2 atom stereocenters. The molecule has 3 rings (SSSR count). The Bertz CT molecular complexity index is 885. The summed E-state index contributed by atoms with van der Waals surface area (Å²) < 4.78 is 23.8. The average molecular weight is 408 g/mol. The first-order valence-electron chi connectivity index (χ1n) is 9.02. The molecule has 0 unspecified atom stereocenters. The fraction of sp³-hybridized carbons (Fsp3) is 0.350. The lowest BCUT2D eigenvalue weighted by Gasteiger charge is -2.28. The van der Waals surface area contributed by atoms with Crippen molar-refractivity contribution in [2.75, 3.05) is 23.0 Å². The zero-order valence-corrected chi connectivity index (χ0v) is 16.8. The van der Waals surface area contributed by atoms with Gasteiger partial charge in [0.25, 0.3) is 5.91 Å². The second-order valence-corrected chi connectivity index (χ2v) is 9.60. The molecule has 2 aromatic rings. The van der Waals surface area contributed by atoms with Crippen LogP contribution < -0.4 is 10.2 Å². The second-order valence-electron chi connectivity index (χ2n) is 6.94. The summed E-state index contributed by atoms with van der Waals surface area (Å²) in [4.78, 5) is 14.7. The van der Waals surface area contributed by atoms with Gasteiger partial charge >= 0.3 is 0 Å². The normalized spacial score (nSPS) is 19.6. The molecule has 0 aromatic heterocycles. The van der Waals surface area contributed by atoms with E-state index in [1.54, 1.807) is 4.90 Å². The molecule has 2 aromatic carbocycles. The molecular formula is C20H24ClN2O3S+. The van der Waals surface area contributed by atoms with E-state index in [4.69, 9.17) is 11.6 Å². The molecule has 1 amide bonds. The van der Waals surface area contributed by atoms with E-state index < -0.39 is 9.84 Å². The number of hydrogen-bond donors (Lipinski definition) is 1. The highest BCUT2D eigenvalue weighted by atomic mass is 35.5. The van der Waals surface area contributed by atoms with Gasteiger partial charge in [-0.3, -0.25) is 4.79 Å². The first-order valence-corrected chi connectivity index (χ1v) is 11.2. The van der Waals surface area contributed by atoms with Crippen molar-refractivity contribution < 1.29 is 18.5 Å². The minimum absolute atomic E-state index is 0.0281. The Morgan fingerprint density at radius 1 is 1.19 bits per heavy atom. The predicted octanol–water partition coefficient (Wildman–Crippen LogP) is 2.18. The van der Waals surface area contributed by atoms with Crippen LogP contribution in [-0.2, 0) is 14.6 Å². The smallest absolute Gasteiger partial charge is 0.282 e. The van der Waals surface area contributed by atoms with Crippen molar-refractivity contribution in [3.63, 3.8) is 0 Å². The van der Waals surface area contributed by atoms with Crippen molar-refractivity contribution in [1.82, 2.24) is 0 Å². The Morgan fingerprint density at radius 3 is 2.44 bits per heavy atom. The number of carbonyl (C=O) groups excluding carboxylic acids is 1. The average Bonchev–Trinajstić information content (AvgIpc) is 3.00. The van der Waals surface area contributed by atoms with Gasteiger partial charge < -0.3 is 10.2 Å². The van der Waals surface area contributed by atoms with E-state index in [1.807, 2.05) is 66.8 Å². The number of amides is 1. The van der Waals surface area contributed by atoms with Crippen LogP contribution in [0.4, 0.5) is 5.69 Å². The number of carbonyl (C=O) groups is 1. The van der Waals surface area contributed by atoms with Crippen LogP contribution in [0.5, 0.6) is 0 Å². The molecule has 1 saturated heterocycles. The van der Waals surface area contributed by atoms with Crippen LogP contribution in [0.15, 0.2) is 54.6 Å². The largest absolute Gasteiger partial charge is 0.333 e. The highest BCUT2D eigenvalue weighted by molar-refractivity contribution is 7.91. The Morgan fingerprint density at radius 2 is 1.85 bits per heavy atom. The SMILES string of the molecule is C[C@@H]([NH2+]CC(=O)N(c1ccccc1)[C@@H]1CCS(=O)(=O)C1)c1ccc(Cl)cc1. The van der Waals surface area contributed by atoms with Gasteiger partial charge in [-0.1, -0.05) is 41.9 Å². The maximum atomic E-state index is 13.0. The van der Waals surface area contributed by atoms with Gasteiger partial charge in [-0.25, -0.2) is 8.42 Å². The molecule has 0 radical (unpaired) electrons. The Balaban J connectivity index is 1.72. The zero-order chi connectivity index (χ0) is 19.4. The molecule has 27 heavy (non-hydrogen) atoms. The topological polar surface area (TPSA) is 71.1 Å². The summed E-state index contributed by atoms with van der Waals surface area (Å²) >= 11 is 5.93. The van der Waals surface area contributed by atoms with Gasteiger partial charge in [-0.05, 0) is 37.6 Å². The van der Waals surface area contributed by atoms with Crippen molar-refractivity contribution in [2.45, 2.75) is 25.4 Å². The standard InChI is InChI=1S/C20H23ClN2O3S/c1-15(16-7-9-17(21)10-8-16)22-13-20(24)23(18-5-3-2-4-6-18)19-11-12-27(25,26)14-19/h2-10,15,19,22H,11-14H2,1H3/p+1/t15-,19-/m1/s1. The van der Waals surface area contributed by atoms with Gasteiger partial charge in [-0.2, -0.15) is 0 Å². The van der Waals surface area contributed by atoms with Gasteiger partial charge in [0.05, 0.1) is 17.5 Å². The molecule has 0 saturated carbocycles. The van der Waals surface area contributed by atoms with Crippen molar-refractivity contribution >= 4 is 33.0 Å². The third-order valence-corrected chi connectivity index (χ3v) is 6.92. The monoisotopic (exact) mass is 407 g/mol. The zero-order valence-electron chi connectivity index (χ0n) is 15.2. The molecule has 0 aliphatic carbocycles. The van der Waals surface area contributed by atoms with Gasteiger partial charge in [0.1, 0.15) is 6.04 Å². The van der Waals surface area contributed by atoms with E-state index in [1.165, 1.54) is 0 Å². The summed E-state index contributed by atoms with van der Waals surface area (Å²) in [7, 11) is -3.08. The summed E-state index contributed by atoms with van der Waals surface area (Å²) in [6, 6.07) is 16.7. The fourth-order valence-electron chi connectivity index (χ4n) is 3.40. The molecule has 0 bridgehead atoms. The molecule has 5 nitrogen and oxygen atoms in total. The van der Waals surface area contributed by atoms with Crippen LogP contribution in [0.1, 0.15) is 24.9 Å². The second kappa shape index (κ2) is 8.42. The summed E-state index contributed by atoms with van der Waals surface area (Å²) in [6.45, 7) is 2.28. The third kappa shape index (κ3) is 5.09. The van der Waals surface area contributed by atoms with Crippen molar-refractivity contribution in [3.05, 3.63) is 65.2 Å². The molecule has 1 aliphatic rings. The lowest BCUT2D eigenvalue weighted by atomic mass is 10.1. The number of nitrogens with two attached hydrogens (primary N) is 1. The lowest BCUT2D eigenvalue weighted by Crippen LogP contribution is -2.87. The number of nitrogens with zero attached hydrogens (tertiary/aromatic N) is 1. The number of quaternary nitrogens is 1. The van der Waals surface area contributed by atoms with Crippen molar-refractivity contribution in [1.29, 1.82) is 0 Å². The van der Waals surface area contributed by atoms with Crippen molar-refractivity contribution in [2.24, 2.45) is 0 Å². The first-order chi connectivity index (χ1) is 12.9. The number of benzene rings is 2. The van der Waals surface area contributed by atoms with E-state index in [9.17, 15) is 13.2 Å². The number of para-hydroxylation sites is 1. The van der Waals surface area contributed by atoms with E-state index in [0.29, 0.717) is 11.4 Å². The van der Waals surface area contributed by atoms with Crippen molar-refractivity contribution in [3.8, 4) is 0 Å². The van der Waals surface area contributed by atoms with E-state index in [2.05, 4.69) is 0 Å². The summed E-state index contributed by atoms with van der Waals surface area (Å²) in [5.74, 6) is 0.0867. The van der Waals surface area contributed by atoms with Crippen LogP contribution in [-0.4, -0.2) is 38.4 Å². The molecule has 0 spiro atoms. The summed E-state index contributed by atoms with van der Waals surface area (Å²) in [5.41, 5.74) is 1.83. The number of sulfone groups is 1. The van der Waals surface area contributed by atoms with E-state index in [0.717, 1.165) is 11.3 Å². The molecule has 1 fully saturated rings. The first kappa shape index (κ1) is 19.9. The molecule has 144 valence electrons. The lowest BCUT2D eigenvalue weighted by molar-refractivity contribution is -0.682. The molecule has 2 N–H and O–H groups in total. The van der Waals surface area contributed by atoms with E-state index >= 15 is 0 Å². The van der Waals surface area contributed by atoms with Crippen LogP contribution in [0.3, 0.4) is 0 Å². The number of anilines is 1. The fourth-order valence-corrected chi connectivity index (χ4v) is 5.23. The maximum absolute atomic E-state index is 13.0. The minimum atomic E-state index is -3.08. The van der Waals surface area contributed by atoms with Gasteiger partial charge in [0.2, 0.25) is 0 Å². The summed E-state index contributed by atoms with van der Waals surface area (Å²) in [5, 5.41) is 2.64. The molecule has 1 heterocycles. The number of halogens is 1. The highest BCUT2D eigenvalue weighted by Crippen LogP contribution is 2.24. The Kier molecular flexibility index (Phi) is 6.19.